The van der Waals surface area contributed by atoms with Crippen molar-refractivity contribution in [1.82, 2.24) is 25.7 Å². The minimum absolute atomic E-state index is 0.0776. The Morgan fingerprint density at radius 2 is 2.00 bits per heavy atom. The van der Waals surface area contributed by atoms with E-state index >= 15 is 0 Å². The van der Waals surface area contributed by atoms with Gasteiger partial charge < -0.3 is 10.4 Å². The predicted octanol–water partition coefficient (Wildman–Crippen LogP) is 0.712. The third-order valence-corrected chi connectivity index (χ3v) is 2.85. The van der Waals surface area contributed by atoms with Gasteiger partial charge in [-0.25, -0.2) is 0 Å². The Morgan fingerprint density at radius 3 is 2.68 bits per heavy atom. The van der Waals surface area contributed by atoms with Gasteiger partial charge in [0.15, 0.2) is 6.33 Å². The summed E-state index contributed by atoms with van der Waals surface area (Å²) in [5.74, 6) is -0.439. The molecule has 7 nitrogen and oxygen atoms in total. The smallest absolute Gasteiger partial charge is 0.317 e. The Labute approximate surface area is 122 Å². The average molecular weight is 371 g/mol. The zero-order valence-corrected chi connectivity index (χ0v) is 11.9. The van der Waals surface area contributed by atoms with Crippen LogP contribution in [0.15, 0.2) is 24.5 Å². The van der Waals surface area contributed by atoms with Crippen molar-refractivity contribution in [1.29, 1.82) is 0 Å². The van der Waals surface area contributed by atoms with Crippen molar-refractivity contribution in [3.63, 3.8) is 0 Å². The lowest BCUT2D eigenvalue weighted by molar-refractivity contribution is -0.135. The number of aromatic nitrogens is 4. The summed E-state index contributed by atoms with van der Waals surface area (Å²) in [4.78, 5) is 10.4. The average Bonchev–Trinajstić information content (AvgIpc) is 2.39. The molecule has 0 atom stereocenters. The van der Waals surface area contributed by atoms with E-state index in [0.717, 1.165) is 14.7 Å². The Bertz CT molecular complexity index is 579. The van der Waals surface area contributed by atoms with Gasteiger partial charge in [0.2, 0.25) is 5.82 Å². The standard InChI is InChI=1S/C11H10IN5O2/c12-9-2-7(4-13-5-10(18)19)1-8(3-9)11-16-14-6-15-17-11/h1-3,6,13H,4-5H2,(H,18,19). The molecular formula is C11H10IN5O2. The van der Waals surface area contributed by atoms with Crippen LogP contribution in [0, 0.1) is 3.57 Å². The second-order valence-corrected chi connectivity index (χ2v) is 4.96. The number of carboxylic acids is 1. The van der Waals surface area contributed by atoms with Crippen LogP contribution in [0.4, 0.5) is 0 Å². The predicted molar refractivity (Wildman–Crippen MR) is 75.1 cm³/mol. The number of benzene rings is 1. The summed E-state index contributed by atoms with van der Waals surface area (Å²) in [6.45, 7) is 0.385. The van der Waals surface area contributed by atoms with Crippen LogP contribution in [0.2, 0.25) is 0 Å². The number of aliphatic carboxylic acids is 1. The van der Waals surface area contributed by atoms with E-state index in [1.807, 2.05) is 18.2 Å². The van der Waals surface area contributed by atoms with E-state index in [9.17, 15) is 4.79 Å². The molecule has 0 saturated carbocycles. The van der Waals surface area contributed by atoms with Crippen LogP contribution < -0.4 is 5.32 Å². The summed E-state index contributed by atoms with van der Waals surface area (Å²) < 4.78 is 1.01. The van der Waals surface area contributed by atoms with E-state index in [4.69, 9.17) is 5.11 Å². The highest BCUT2D eigenvalue weighted by Gasteiger charge is 2.06. The Hall–Kier alpha value is -1.68. The first-order valence-corrected chi connectivity index (χ1v) is 6.46. The normalized spacial score (nSPS) is 10.4. The van der Waals surface area contributed by atoms with E-state index in [0.29, 0.717) is 12.4 Å². The number of carboxylic acid groups (broad SMARTS) is 1. The van der Waals surface area contributed by atoms with Crippen molar-refractivity contribution in [3.05, 3.63) is 33.7 Å². The number of nitrogens with one attached hydrogen (secondary N) is 1. The van der Waals surface area contributed by atoms with Gasteiger partial charge in [0, 0.05) is 15.7 Å². The molecule has 0 bridgehead atoms. The molecule has 2 N–H and O–H groups in total. The topological polar surface area (TPSA) is 101 Å². The van der Waals surface area contributed by atoms with Gasteiger partial charge in [-0.1, -0.05) is 0 Å². The van der Waals surface area contributed by atoms with Gasteiger partial charge in [0.25, 0.3) is 0 Å². The number of rotatable bonds is 5. The van der Waals surface area contributed by atoms with Crippen LogP contribution in [-0.2, 0) is 11.3 Å². The minimum Gasteiger partial charge on any atom is -0.480 e. The van der Waals surface area contributed by atoms with Gasteiger partial charge >= 0.3 is 5.97 Å². The Kier molecular flexibility index (Phi) is 4.68. The third kappa shape index (κ3) is 4.17. The molecule has 0 unspecified atom stereocenters. The molecule has 0 aliphatic rings. The first-order chi connectivity index (χ1) is 9.15. The van der Waals surface area contributed by atoms with Crippen molar-refractivity contribution >= 4 is 28.6 Å². The molecule has 1 aromatic heterocycles. The molecule has 0 radical (unpaired) electrons. The van der Waals surface area contributed by atoms with Gasteiger partial charge in [-0.3, -0.25) is 4.79 Å². The molecule has 2 rings (SSSR count). The minimum atomic E-state index is -0.884. The number of carbonyl (C=O) groups is 1. The summed E-state index contributed by atoms with van der Waals surface area (Å²) in [5.41, 5.74) is 1.76. The third-order valence-electron chi connectivity index (χ3n) is 2.23. The first-order valence-electron chi connectivity index (χ1n) is 5.38. The van der Waals surface area contributed by atoms with Gasteiger partial charge in [0.1, 0.15) is 0 Å². The van der Waals surface area contributed by atoms with Gasteiger partial charge in [-0.15, -0.1) is 20.4 Å². The summed E-state index contributed by atoms with van der Waals surface area (Å²) in [5, 5.41) is 26.6. The molecule has 1 heterocycles. The van der Waals surface area contributed by atoms with Crippen LogP contribution in [0.5, 0.6) is 0 Å². The van der Waals surface area contributed by atoms with Crippen molar-refractivity contribution in [3.8, 4) is 11.4 Å². The van der Waals surface area contributed by atoms with E-state index in [2.05, 4.69) is 48.3 Å². The van der Waals surface area contributed by atoms with Crippen LogP contribution in [0.1, 0.15) is 5.56 Å². The highest BCUT2D eigenvalue weighted by molar-refractivity contribution is 14.1. The van der Waals surface area contributed by atoms with Crippen LogP contribution in [-0.4, -0.2) is 38.0 Å². The fourth-order valence-electron chi connectivity index (χ4n) is 1.51. The molecule has 2 aromatic rings. The van der Waals surface area contributed by atoms with Crippen molar-refractivity contribution < 1.29 is 9.90 Å². The fraction of sp³-hybridized carbons (Fsp3) is 0.182. The number of hydrogen-bond acceptors (Lipinski definition) is 6. The van der Waals surface area contributed by atoms with Gasteiger partial charge in [-0.05, 0) is 46.4 Å². The van der Waals surface area contributed by atoms with Gasteiger partial charge in [-0.2, -0.15) is 0 Å². The lowest BCUT2D eigenvalue weighted by Gasteiger charge is -2.06. The molecule has 19 heavy (non-hydrogen) atoms. The molecule has 0 amide bonds. The maximum Gasteiger partial charge on any atom is 0.317 e. The molecule has 0 aliphatic carbocycles. The van der Waals surface area contributed by atoms with Gasteiger partial charge in [0.05, 0.1) is 6.54 Å². The van der Waals surface area contributed by atoms with E-state index < -0.39 is 5.97 Å². The number of halogens is 1. The molecule has 0 spiro atoms. The summed E-state index contributed by atoms with van der Waals surface area (Å²) >= 11 is 2.18. The molecule has 0 aliphatic heterocycles. The molecule has 8 heteroatoms. The van der Waals surface area contributed by atoms with Crippen LogP contribution >= 0.6 is 22.6 Å². The summed E-state index contributed by atoms with van der Waals surface area (Å²) in [7, 11) is 0. The SMILES string of the molecule is O=C(O)CNCc1cc(I)cc(-c2nncnn2)c1. The maximum atomic E-state index is 10.4. The second-order valence-electron chi connectivity index (χ2n) is 3.72. The van der Waals surface area contributed by atoms with Crippen LogP contribution in [0.25, 0.3) is 11.4 Å². The quantitative estimate of drug-likeness (QED) is 0.747. The largest absolute Gasteiger partial charge is 0.480 e. The van der Waals surface area contributed by atoms with E-state index in [1.54, 1.807) is 0 Å². The lowest BCUT2D eigenvalue weighted by atomic mass is 10.1. The molecule has 0 fully saturated rings. The Morgan fingerprint density at radius 1 is 1.26 bits per heavy atom. The fourth-order valence-corrected chi connectivity index (χ4v) is 2.25. The second kappa shape index (κ2) is 6.48. The van der Waals surface area contributed by atoms with E-state index in [-0.39, 0.29) is 6.54 Å². The lowest BCUT2D eigenvalue weighted by Crippen LogP contribution is -2.21. The van der Waals surface area contributed by atoms with Crippen molar-refractivity contribution in [2.45, 2.75) is 6.54 Å². The molecule has 98 valence electrons. The summed E-state index contributed by atoms with van der Waals surface area (Å²) in [6.07, 6.45) is 1.27. The number of hydrogen-bond donors (Lipinski definition) is 2. The van der Waals surface area contributed by atoms with Crippen molar-refractivity contribution in [2.24, 2.45) is 0 Å². The molecule has 0 saturated heterocycles. The first kappa shape index (κ1) is 13.7. The van der Waals surface area contributed by atoms with Crippen LogP contribution in [0.3, 0.4) is 0 Å². The summed E-state index contributed by atoms with van der Waals surface area (Å²) in [6, 6.07) is 5.76. The van der Waals surface area contributed by atoms with E-state index in [1.165, 1.54) is 6.33 Å². The highest BCUT2D eigenvalue weighted by atomic mass is 127. The monoisotopic (exact) mass is 371 g/mol. The Balaban J connectivity index is 2.18. The maximum absolute atomic E-state index is 10.4. The van der Waals surface area contributed by atoms with Crippen molar-refractivity contribution in [2.75, 3.05) is 6.54 Å². The zero-order chi connectivity index (χ0) is 13.7. The molecule has 1 aromatic carbocycles. The highest BCUT2D eigenvalue weighted by Crippen LogP contribution is 2.19. The number of nitrogens with zero attached hydrogens (tertiary/aromatic N) is 4. The zero-order valence-electron chi connectivity index (χ0n) is 9.75. The molecular weight excluding hydrogens is 361 g/mol.